The summed E-state index contributed by atoms with van der Waals surface area (Å²) in [4.78, 5) is 13.9. The molecular formula is C14H19ClFN3O. The summed E-state index contributed by atoms with van der Waals surface area (Å²) in [5.74, 6) is -0.400. The van der Waals surface area contributed by atoms with E-state index in [1.807, 2.05) is 4.90 Å². The van der Waals surface area contributed by atoms with Gasteiger partial charge in [0, 0.05) is 32.1 Å². The number of halogens is 2. The number of piperidine rings is 1. The van der Waals surface area contributed by atoms with Crippen molar-refractivity contribution in [1.29, 1.82) is 0 Å². The maximum Gasteiger partial charge on any atom is 0.224 e. The first kappa shape index (κ1) is 14.9. The van der Waals surface area contributed by atoms with Gasteiger partial charge in [0.25, 0.3) is 0 Å². The number of carbonyl (C=O) groups excluding carboxylic acids is 1. The van der Waals surface area contributed by atoms with E-state index in [1.165, 1.54) is 18.6 Å². The minimum Gasteiger partial charge on any atom is -0.397 e. The van der Waals surface area contributed by atoms with Gasteiger partial charge >= 0.3 is 0 Å². The molecule has 1 amide bonds. The summed E-state index contributed by atoms with van der Waals surface area (Å²) < 4.78 is 13.2. The number of likely N-dealkylation sites (tertiary alicyclic amines) is 1. The highest BCUT2D eigenvalue weighted by Gasteiger charge is 2.16. The molecule has 0 bridgehead atoms. The fraction of sp³-hybridized carbons (Fsp3) is 0.500. The summed E-state index contributed by atoms with van der Waals surface area (Å²) in [5, 5.41) is 3.05. The van der Waals surface area contributed by atoms with Crippen molar-refractivity contribution in [2.45, 2.75) is 25.7 Å². The lowest BCUT2D eigenvalue weighted by Gasteiger charge is -2.26. The average Bonchev–Trinajstić information content (AvgIpc) is 2.45. The van der Waals surface area contributed by atoms with Gasteiger partial charge in [-0.1, -0.05) is 11.6 Å². The predicted molar refractivity (Wildman–Crippen MR) is 79.4 cm³/mol. The lowest BCUT2D eigenvalue weighted by Crippen LogP contribution is -2.36. The molecular weight excluding hydrogens is 281 g/mol. The smallest absolute Gasteiger partial charge is 0.224 e. The number of nitrogens with one attached hydrogen (secondary N) is 1. The van der Waals surface area contributed by atoms with E-state index >= 15 is 0 Å². The summed E-state index contributed by atoms with van der Waals surface area (Å²) in [6.45, 7) is 2.16. The summed E-state index contributed by atoms with van der Waals surface area (Å²) in [5.41, 5.74) is 6.54. The number of nitrogen functional groups attached to an aromatic ring is 1. The number of hydrogen-bond donors (Lipinski definition) is 2. The molecule has 1 aliphatic heterocycles. The van der Waals surface area contributed by atoms with Crippen molar-refractivity contribution in [1.82, 2.24) is 4.90 Å². The van der Waals surface area contributed by atoms with E-state index < -0.39 is 5.82 Å². The van der Waals surface area contributed by atoms with Crippen molar-refractivity contribution < 1.29 is 9.18 Å². The summed E-state index contributed by atoms with van der Waals surface area (Å²) in [7, 11) is 0. The second-order valence-electron chi connectivity index (χ2n) is 4.97. The molecule has 0 spiro atoms. The molecule has 0 unspecified atom stereocenters. The Morgan fingerprint density at radius 3 is 2.75 bits per heavy atom. The summed E-state index contributed by atoms with van der Waals surface area (Å²) in [6.07, 6.45) is 3.76. The van der Waals surface area contributed by atoms with Gasteiger partial charge in [-0.3, -0.25) is 4.79 Å². The van der Waals surface area contributed by atoms with E-state index in [0.717, 1.165) is 25.9 Å². The molecule has 6 heteroatoms. The average molecular weight is 300 g/mol. The Balaban J connectivity index is 1.83. The van der Waals surface area contributed by atoms with Gasteiger partial charge in [-0.2, -0.15) is 0 Å². The van der Waals surface area contributed by atoms with Crippen molar-refractivity contribution in [3.05, 3.63) is 23.0 Å². The quantitative estimate of drug-likeness (QED) is 0.841. The highest BCUT2D eigenvalue weighted by atomic mass is 35.5. The third kappa shape index (κ3) is 3.76. The van der Waals surface area contributed by atoms with Gasteiger partial charge < -0.3 is 16.0 Å². The summed E-state index contributed by atoms with van der Waals surface area (Å²) in [6, 6.07) is 2.62. The van der Waals surface area contributed by atoms with Crippen LogP contribution >= 0.6 is 11.6 Å². The third-order valence-electron chi connectivity index (χ3n) is 3.46. The summed E-state index contributed by atoms with van der Waals surface area (Å²) >= 11 is 5.70. The van der Waals surface area contributed by atoms with Crippen molar-refractivity contribution in [3.63, 3.8) is 0 Å². The van der Waals surface area contributed by atoms with Gasteiger partial charge in [0.15, 0.2) is 0 Å². The molecule has 1 saturated heterocycles. The molecule has 0 aromatic heterocycles. The minimum atomic E-state index is -0.542. The number of nitrogens with two attached hydrogens (primary N) is 1. The van der Waals surface area contributed by atoms with Gasteiger partial charge in [-0.05, 0) is 25.3 Å². The molecule has 0 radical (unpaired) electrons. The Morgan fingerprint density at radius 2 is 2.05 bits per heavy atom. The first-order valence-electron chi connectivity index (χ1n) is 6.84. The largest absolute Gasteiger partial charge is 0.397 e. The maximum atomic E-state index is 13.2. The molecule has 0 aliphatic carbocycles. The number of rotatable bonds is 4. The molecule has 0 atom stereocenters. The van der Waals surface area contributed by atoms with Crippen LogP contribution in [0.5, 0.6) is 0 Å². The van der Waals surface area contributed by atoms with Crippen molar-refractivity contribution >= 4 is 28.9 Å². The Labute approximate surface area is 123 Å². The second kappa shape index (κ2) is 6.79. The zero-order chi connectivity index (χ0) is 14.5. The zero-order valence-electron chi connectivity index (χ0n) is 11.3. The van der Waals surface area contributed by atoms with E-state index in [2.05, 4.69) is 5.32 Å². The van der Waals surface area contributed by atoms with Gasteiger partial charge in [-0.25, -0.2) is 4.39 Å². The van der Waals surface area contributed by atoms with Gasteiger partial charge in [-0.15, -0.1) is 0 Å². The molecule has 4 nitrogen and oxygen atoms in total. The molecule has 0 saturated carbocycles. The monoisotopic (exact) mass is 299 g/mol. The van der Waals surface area contributed by atoms with Crippen LogP contribution in [0.25, 0.3) is 0 Å². The number of anilines is 2. The molecule has 1 aromatic rings. The standard InChI is InChI=1S/C14H19ClFN3O/c15-10-8-13(12(17)9-11(10)16)18-5-4-14(20)19-6-2-1-3-7-19/h8-9,18H,1-7,17H2. The van der Waals surface area contributed by atoms with Crippen molar-refractivity contribution in [2.24, 2.45) is 0 Å². The first-order valence-corrected chi connectivity index (χ1v) is 7.22. The van der Waals surface area contributed by atoms with Crippen molar-refractivity contribution in [3.8, 4) is 0 Å². The number of carbonyl (C=O) groups is 1. The first-order chi connectivity index (χ1) is 9.58. The molecule has 2 rings (SSSR count). The van der Waals surface area contributed by atoms with E-state index in [-0.39, 0.29) is 16.6 Å². The third-order valence-corrected chi connectivity index (χ3v) is 3.75. The highest BCUT2D eigenvalue weighted by Crippen LogP contribution is 2.26. The van der Waals surface area contributed by atoms with E-state index in [1.54, 1.807) is 0 Å². The van der Waals surface area contributed by atoms with Crippen LogP contribution < -0.4 is 11.1 Å². The van der Waals surface area contributed by atoms with Crippen molar-refractivity contribution in [2.75, 3.05) is 30.7 Å². The van der Waals surface area contributed by atoms with Crippen LogP contribution in [0.1, 0.15) is 25.7 Å². The van der Waals surface area contributed by atoms with Crippen LogP contribution in [0.4, 0.5) is 15.8 Å². The van der Waals surface area contributed by atoms with E-state index in [0.29, 0.717) is 18.7 Å². The van der Waals surface area contributed by atoms with Gasteiger partial charge in [0.1, 0.15) is 5.82 Å². The number of hydrogen-bond acceptors (Lipinski definition) is 3. The van der Waals surface area contributed by atoms with E-state index in [4.69, 9.17) is 17.3 Å². The minimum absolute atomic E-state index is 0.0176. The Bertz CT molecular complexity index is 490. The number of nitrogens with zero attached hydrogens (tertiary/aromatic N) is 1. The van der Waals surface area contributed by atoms with Crippen LogP contribution in [-0.2, 0) is 4.79 Å². The lowest BCUT2D eigenvalue weighted by molar-refractivity contribution is -0.131. The van der Waals surface area contributed by atoms with Gasteiger partial charge in [0.05, 0.1) is 16.4 Å². The molecule has 1 heterocycles. The fourth-order valence-corrected chi connectivity index (χ4v) is 2.48. The van der Waals surface area contributed by atoms with Crippen LogP contribution in [0.3, 0.4) is 0 Å². The molecule has 1 aromatic carbocycles. The lowest BCUT2D eigenvalue weighted by atomic mass is 10.1. The van der Waals surface area contributed by atoms with E-state index in [9.17, 15) is 9.18 Å². The Kier molecular flexibility index (Phi) is 5.06. The van der Waals surface area contributed by atoms with Crippen LogP contribution in [0, 0.1) is 5.82 Å². The number of amides is 1. The Hall–Kier alpha value is -1.49. The SMILES string of the molecule is Nc1cc(F)c(Cl)cc1NCCC(=O)N1CCCCC1. The normalized spacial score (nSPS) is 15.2. The van der Waals surface area contributed by atoms with Gasteiger partial charge in [0.2, 0.25) is 5.91 Å². The molecule has 1 fully saturated rings. The maximum absolute atomic E-state index is 13.2. The molecule has 20 heavy (non-hydrogen) atoms. The molecule has 3 N–H and O–H groups in total. The predicted octanol–water partition coefficient (Wildman–Crippen LogP) is 2.88. The molecule has 110 valence electrons. The van der Waals surface area contributed by atoms with Crippen LogP contribution in [-0.4, -0.2) is 30.4 Å². The van der Waals surface area contributed by atoms with Crippen LogP contribution in [0.2, 0.25) is 5.02 Å². The fourth-order valence-electron chi connectivity index (χ4n) is 2.32. The zero-order valence-corrected chi connectivity index (χ0v) is 12.0. The highest BCUT2D eigenvalue weighted by molar-refractivity contribution is 6.31. The topological polar surface area (TPSA) is 58.4 Å². The van der Waals surface area contributed by atoms with Crippen LogP contribution in [0.15, 0.2) is 12.1 Å². The Morgan fingerprint density at radius 1 is 1.35 bits per heavy atom. The molecule has 1 aliphatic rings. The number of benzene rings is 1. The second-order valence-corrected chi connectivity index (χ2v) is 5.38.